The van der Waals surface area contributed by atoms with E-state index in [0.29, 0.717) is 13.0 Å². The molecule has 0 saturated carbocycles. The van der Waals surface area contributed by atoms with Crippen molar-refractivity contribution >= 4 is 11.9 Å². The van der Waals surface area contributed by atoms with Crippen LogP contribution in [0.1, 0.15) is 45.4 Å². The molecule has 1 amide bonds. The minimum Gasteiger partial charge on any atom is -0.466 e. The number of nitrogens with zero attached hydrogens (tertiary/aromatic N) is 1. The van der Waals surface area contributed by atoms with Gasteiger partial charge in [-0.05, 0) is 52.2 Å². The molecule has 0 aromatic carbocycles. The zero-order chi connectivity index (χ0) is 14.1. The summed E-state index contributed by atoms with van der Waals surface area (Å²) in [6.07, 6.45) is 5.35. The molecule has 0 atom stereocenters. The van der Waals surface area contributed by atoms with Crippen LogP contribution < -0.4 is 5.73 Å². The van der Waals surface area contributed by atoms with E-state index >= 15 is 0 Å². The minimum atomic E-state index is -0.158. The summed E-state index contributed by atoms with van der Waals surface area (Å²) in [5.41, 5.74) is 5.30. The number of unbranched alkanes of at least 4 members (excludes halogenated alkanes) is 2. The maximum Gasteiger partial charge on any atom is 0.305 e. The molecule has 0 unspecified atom stereocenters. The van der Waals surface area contributed by atoms with Crippen LogP contribution in [0.2, 0.25) is 0 Å². The van der Waals surface area contributed by atoms with Crippen LogP contribution >= 0.6 is 0 Å². The van der Waals surface area contributed by atoms with Crippen molar-refractivity contribution in [2.45, 2.75) is 45.4 Å². The summed E-state index contributed by atoms with van der Waals surface area (Å²) in [6, 6.07) is 0. The van der Waals surface area contributed by atoms with Gasteiger partial charge in [-0.15, -0.1) is 0 Å². The van der Waals surface area contributed by atoms with Crippen molar-refractivity contribution < 1.29 is 14.3 Å². The molecule has 1 saturated heterocycles. The summed E-state index contributed by atoms with van der Waals surface area (Å²) in [6.45, 7) is 5.27. The first-order valence-corrected chi connectivity index (χ1v) is 7.30. The minimum absolute atomic E-state index is 0.0695. The van der Waals surface area contributed by atoms with Crippen LogP contribution in [0.4, 0.5) is 0 Å². The topological polar surface area (TPSA) is 72.6 Å². The molecule has 0 aromatic rings. The Kier molecular flexibility index (Phi) is 7.48. The van der Waals surface area contributed by atoms with Gasteiger partial charge in [-0.3, -0.25) is 9.59 Å². The van der Waals surface area contributed by atoms with Gasteiger partial charge in [0.1, 0.15) is 0 Å². The van der Waals surface area contributed by atoms with Crippen LogP contribution in [-0.2, 0) is 14.3 Å². The van der Waals surface area contributed by atoms with E-state index in [1.54, 1.807) is 0 Å². The smallest absolute Gasteiger partial charge is 0.305 e. The van der Waals surface area contributed by atoms with E-state index in [9.17, 15) is 9.59 Å². The first-order valence-electron chi connectivity index (χ1n) is 7.30. The van der Waals surface area contributed by atoms with Gasteiger partial charge >= 0.3 is 5.97 Å². The molecule has 1 rings (SSSR count). The molecule has 5 heteroatoms. The number of carbonyl (C=O) groups excluding carboxylic acids is 2. The van der Waals surface area contributed by atoms with Crippen molar-refractivity contribution in [3.05, 3.63) is 0 Å². The average molecular weight is 270 g/mol. The van der Waals surface area contributed by atoms with E-state index in [-0.39, 0.29) is 17.8 Å². The highest BCUT2D eigenvalue weighted by molar-refractivity contribution is 5.76. The number of hydrogen-bond acceptors (Lipinski definition) is 4. The van der Waals surface area contributed by atoms with Crippen molar-refractivity contribution in [1.29, 1.82) is 0 Å². The summed E-state index contributed by atoms with van der Waals surface area (Å²) < 4.78 is 4.88. The number of nitrogens with two attached hydrogens (primary N) is 1. The fourth-order valence-corrected chi connectivity index (χ4v) is 2.46. The van der Waals surface area contributed by atoms with E-state index in [0.717, 1.165) is 51.7 Å². The number of rotatable bonds is 8. The molecule has 0 aromatic heterocycles. The van der Waals surface area contributed by atoms with Gasteiger partial charge in [-0.2, -0.15) is 0 Å². The van der Waals surface area contributed by atoms with E-state index in [2.05, 4.69) is 4.90 Å². The highest BCUT2D eigenvalue weighted by atomic mass is 16.5. The monoisotopic (exact) mass is 270 g/mol. The van der Waals surface area contributed by atoms with Crippen LogP contribution in [0.3, 0.4) is 0 Å². The number of hydrogen-bond donors (Lipinski definition) is 1. The zero-order valence-corrected chi connectivity index (χ0v) is 11.9. The molecular formula is C14H26N2O3. The molecule has 0 bridgehead atoms. The molecule has 0 aliphatic carbocycles. The summed E-state index contributed by atoms with van der Waals surface area (Å²) in [5.74, 6) is -0.182. The molecule has 5 nitrogen and oxygen atoms in total. The van der Waals surface area contributed by atoms with E-state index in [1.165, 1.54) is 0 Å². The third-order valence-electron chi connectivity index (χ3n) is 3.65. The number of amides is 1. The highest BCUT2D eigenvalue weighted by Gasteiger charge is 2.22. The molecule has 1 aliphatic rings. The predicted molar refractivity (Wildman–Crippen MR) is 73.5 cm³/mol. The first-order chi connectivity index (χ1) is 9.13. The lowest BCUT2D eigenvalue weighted by atomic mass is 9.96. The van der Waals surface area contributed by atoms with Gasteiger partial charge in [-0.1, -0.05) is 6.42 Å². The molecule has 1 aliphatic heterocycles. The lowest BCUT2D eigenvalue weighted by Crippen LogP contribution is -2.38. The lowest BCUT2D eigenvalue weighted by molar-refractivity contribution is -0.143. The number of likely N-dealkylation sites (tertiary alicyclic amines) is 1. The number of ether oxygens (including phenoxy) is 1. The van der Waals surface area contributed by atoms with Crippen molar-refractivity contribution in [2.75, 3.05) is 26.2 Å². The Morgan fingerprint density at radius 2 is 1.89 bits per heavy atom. The standard InChI is InChI=1S/C14H26N2O3/c1-2-19-13(17)6-4-3-5-9-16-10-7-12(8-11-16)14(15)18/h12H,2-11H2,1H3,(H2,15,18). The molecule has 110 valence electrons. The van der Waals surface area contributed by atoms with Gasteiger partial charge in [0.15, 0.2) is 0 Å². The Bertz CT molecular complexity index is 286. The Balaban J connectivity index is 1.99. The molecule has 0 radical (unpaired) electrons. The van der Waals surface area contributed by atoms with Crippen LogP contribution in [-0.4, -0.2) is 43.0 Å². The maximum atomic E-state index is 11.1. The van der Waals surface area contributed by atoms with Crippen LogP contribution in [0.25, 0.3) is 0 Å². The normalized spacial score (nSPS) is 17.3. The fourth-order valence-electron chi connectivity index (χ4n) is 2.46. The van der Waals surface area contributed by atoms with Crippen LogP contribution in [0.5, 0.6) is 0 Å². The zero-order valence-electron chi connectivity index (χ0n) is 11.9. The molecular weight excluding hydrogens is 244 g/mol. The first kappa shape index (κ1) is 16.0. The number of piperidine rings is 1. The van der Waals surface area contributed by atoms with Crippen LogP contribution in [0.15, 0.2) is 0 Å². The van der Waals surface area contributed by atoms with Gasteiger partial charge < -0.3 is 15.4 Å². The molecule has 1 heterocycles. The summed E-state index contributed by atoms with van der Waals surface area (Å²) in [5, 5.41) is 0. The van der Waals surface area contributed by atoms with E-state index in [4.69, 9.17) is 10.5 Å². The van der Waals surface area contributed by atoms with Gasteiger partial charge in [0.05, 0.1) is 6.61 Å². The van der Waals surface area contributed by atoms with Crippen molar-refractivity contribution in [3.63, 3.8) is 0 Å². The second-order valence-corrected chi connectivity index (χ2v) is 5.13. The molecule has 1 fully saturated rings. The highest BCUT2D eigenvalue weighted by Crippen LogP contribution is 2.17. The lowest BCUT2D eigenvalue weighted by Gasteiger charge is -2.30. The summed E-state index contributed by atoms with van der Waals surface area (Å²) in [4.78, 5) is 24.5. The van der Waals surface area contributed by atoms with Crippen LogP contribution in [0, 0.1) is 5.92 Å². The van der Waals surface area contributed by atoms with Gasteiger partial charge in [-0.25, -0.2) is 0 Å². The second kappa shape index (κ2) is 8.91. The summed E-state index contributed by atoms with van der Waals surface area (Å²) in [7, 11) is 0. The Labute approximate surface area is 115 Å². The van der Waals surface area contributed by atoms with Gasteiger partial charge in [0, 0.05) is 12.3 Å². The second-order valence-electron chi connectivity index (χ2n) is 5.13. The van der Waals surface area contributed by atoms with Crippen molar-refractivity contribution in [2.24, 2.45) is 11.7 Å². The third-order valence-corrected chi connectivity index (χ3v) is 3.65. The van der Waals surface area contributed by atoms with E-state index in [1.807, 2.05) is 6.92 Å². The number of esters is 1. The van der Waals surface area contributed by atoms with Gasteiger partial charge in [0.2, 0.25) is 5.91 Å². The predicted octanol–water partition coefficient (Wildman–Crippen LogP) is 1.31. The maximum absolute atomic E-state index is 11.1. The molecule has 0 spiro atoms. The quantitative estimate of drug-likeness (QED) is 0.533. The van der Waals surface area contributed by atoms with Crippen molar-refractivity contribution in [3.8, 4) is 0 Å². The summed E-state index contributed by atoms with van der Waals surface area (Å²) >= 11 is 0. The average Bonchev–Trinajstić information content (AvgIpc) is 2.39. The third kappa shape index (κ3) is 6.57. The Morgan fingerprint density at radius 1 is 1.21 bits per heavy atom. The number of carbonyl (C=O) groups is 2. The van der Waals surface area contributed by atoms with E-state index < -0.39 is 0 Å². The van der Waals surface area contributed by atoms with Crippen molar-refractivity contribution in [1.82, 2.24) is 4.90 Å². The largest absolute Gasteiger partial charge is 0.466 e. The number of primary amides is 1. The Morgan fingerprint density at radius 3 is 2.47 bits per heavy atom. The molecule has 19 heavy (non-hydrogen) atoms. The SMILES string of the molecule is CCOC(=O)CCCCCN1CCC(C(N)=O)CC1. The molecule has 2 N–H and O–H groups in total. The van der Waals surface area contributed by atoms with Gasteiger partial charge in [0.25, 0.3) is 0 Å². The fraction of sp³-hybridized carbons (Fsp3) is 0.857. The Hall–Kier alpha value is -1.10.